The fourth-order valence-corrected chi connectivity index (χ4v) is 1.90. The molecule has 1 atom stereocenters. The van der Waals surface area contributed by atoms with Crippen molar-refractivity contribution in [2.45, 2.75) is 19.9 Å². The van der Waals surface area contributed by atoms with Crippen LogP contribution in [0.2, 0.25) is 0 Å². The third-order valence-corrected chi connectivity index (χ3v) is 2.82. The average molecular weight is 296 g/mol. The molecule has 0 heterocycles. The quantitative estimate of drug-likeness (QED) is 0.370. The highest BCUT2D eigenvalue weighted by atomic mass is 32.1. The van der Waals surface area contributed by atoms with Crippen LogP contribution in [0.4, 0.5) is 5.69 Å². The topological polar surface area (TPSA) is 95.5 Å². The van der Waals surface area contributed by atoms with E-state index >= 15 is 0 Å². The van der Waals surface area contributed by atoms with Gasteiger partial charge in [-0.1, -0.05) is 0 Å². The summed E-state index contributed by atoms with van der Waals surface area (Å²) in [4.78, 5) is 34.3. The van der Waals surface area contributed by atoms with Gasteiger partial charge in [0.25, 0.3) is 0 Å². The fourth-order valence-electron chi connectivity index (χ4n) is 1.64. The van der Waals surface area contributed by atoms with Gasteiger partial charge in [-0.15, -0.1) is 0 Å². The molecular formula is C13H16N2O4S. The van der Waals surface area contributed by atoms with Gasteiger partial charge in [0.15, 0.2) is 5.78 Å². The first-order valence-electron chi connectivity index (χ1n) is 5.88. The largest absolute Gasteiger partial charge is 0.507 e. The van der Waals surface area contributed by atoms with E-state index in [-0.39, 0.29) is 28.9 Å². The second-order valence-corrected chi connectivity index (χ2v) is 4.58. The van der Waals surface area contributed by atoms with Crippen LogP contribution in [0, 0.1) is 0 Å². The van der Waals surface area contributed by atoms with Crippen molar-refractivity contribution in [3.05, 3.63) is 23.8 Å². The smallest absolute Gasteiger partial charge is 0.221 e. The second kappa shape index (κ2) is 6.95. The van der Waals surface area contributed by atoms with E-state index < -0.39 is 11.8 Å². The molecule has 0 aromatic heterocycles. The predicted octanol–water partition coefficient (Wildman–Crippen LogP) is 0.968. The molecule has 0 fully saturated rings. The fraction of sp³-hybridized carbons (Fsp3) is 0.308. The monoisotopic (exact) mass is 296 g/mol. The molecule has 0 aliphatic carbocycles. The van der Waals surface area contributed by atoms with Gasteiger partial charge in [0, 0.05) is 25.3 Å². The first kappa shape index (κ1) is 16.0. The lowest BCUT2D eigenvalue weighted by Gasteiger charge is -2.15. The number of phenolic OH excluding ortho intramolecular Hbond substituents is 1. The third kappa shape index (κ3) is 4.27. The van der Waals surface area contributed by atoms with Crippen molar-refractivity contribution >= 4 is 35.9 Å². The summed E-state index contributed by atoms with van der Waals surface area (Å²) >= 11 is 4.01. The number of thiol groups is 1. The number of anilines is 1. The van der Waals surface area contributed by atoms with Crippen LogP contribution in [0.3, 0.4) is 0 Å². The number of benzene rings is 1. The Balaban J connectivity index is 3.06. The number of rotatable bonds is 5. The molecule has 0 unspecified atom stereocenters. The molecule has 3 N–H and O–H groups in total. The highest BCUT2D eigenvalue weighted by Crippen LogP contribution is 2.23. The van der Waals surface area contributed by atoms with Crippen LogP contribution < -0.4 is 10.6 Å². The van der Waals surface area contributed by atoms with Crippen LogP contribution in [-0.2, 0) is 9.59 Å². The Labute approximate surface area is 122 Å². The van der Waals surface area contributed by atoms with Crippen molar-refractivity contribution in [3.63, 3.8) is 0 Å². The summed E-state index contributed by atoms with van der Waals surface area (Å²) in [6.07, 6.45) is 0. The molecule has 0 saturated carbocycles. The van der Waals surface area contributed by atoms with Crippen LogP contribution in [-0.4, -0.2) is 34.5 Å². The summed E-state index contributed by atoms with van der Waals surface area (Å²) in [5.74, 6) is -1.25. The van der Waals surface area contributed by atoms with E-state index in [2.05, 4.69) is 23.3 Å². The lowest BCUT2D eigenvalue weighted by molar-refractivity contribution is -0.119. The van der Waals surface area contributed by atoms with Gasteiger partial charge in [0.2, 0.25) is 11.8 Å². The van der Waals surface area contributed by atoms with E-state index in [4.69, 9.17) is 0 Å². The summed E-state index contributed by atoms with van der Waals surface area (Å²) in [5, 5.41) is 14.7. The number of hydrogen-bond donors (Lipinski definition) is 4. The van der Waals surface area contributed by atoms with E-state index in [0.717, 1.165) is 0 Å². The minimum absolute atomic E-state index is 0.0176. The normalized spacial score (nSPS) is 11.6. The van der Waals surface area contributed by atoms with Crippen molar-refractivity contribution in [3.8, 4) is 5.75 Å². The standard InChI is InChI=1S/C13H16N2O4S/c1-7(16)14-9-3-4-12(18)10(5-9)13(19)11(6-20)15-8(2)17/h3-5,11,18,20H,6H2,1-2H3,(H,14,16)(H,15,17)/t11-/m0/s1. The number of ketones is 1. The zero-order chi connectivity index (χ0) is 15.3. The maximum absolute atomic E-state index is 12.2. The molecule has 0 aliphatic rings. The molecule has 1 aromatic rings. The average Bonchev–Trinajstić information content (AvgIpc) is 2.36. The van der Waals surface area contributed by atoms with Gasteiger partial charge in [0.1, 0.15) is 11.8 Å². The number of amides is 2. The lowest BCUT2D eigenvalue weighted by Crippen LogP contribution is -2.41. The maximum atomic E-state index is 12.2. The van der Waals surface area contributed by atoms with Crippen molar-refractivity contribution in [2.75, 3.05) is 11.1 Å². The van der Waals surface area contributed by atoms with Crippen LogP contribution >= 0.6 is 12.6 Å². The predicted molar refractivity (Wildman–Crippen MR) is 78.2 cm³/mol. The molecule has 1 aromatic carbocycles. The first-order chi connectivity index (χ1) is 9.35. The summed E-state index contributed by atoms with van der Waals surface area (Å²) in [5.41, 5.74) is 0.406. The van der Waals surface area contributed by atoms with Gasteiger partial charge < -0.3 is 15.7 Å². The number of aromatic hydroxyl groups is 1. The number of carbonyl (C=O) groups excluding carboxylic acids is 3. The van der Waals surface area contributed by atoms with E-state index in [9.17, 15) is 19.5 Å². The Bertz CT molecular complexity index is 545. The van der Waals surface area contributed by atoms with E-state index in [1.807, 2.05) is 0 Å². The first-order valence-corrected chi connectivity index (χ1v) is 6.51. The Morgan fingerprint density at radius 2 is 1.90 bits per heavy atom. The number of hydrogen-bond acceptors (Lipinski definition) is 5. The molecule has 20 heavy (non-hydrogen) atoms. The molecular weight excluding hydrogens is 280 g/mol. The number of carbonyl (C=O) groups is 3. The minimum Gasteiger partial charge on any atom is -0.507 e. The molecule has 0 spiro atoms. The number of Topliss-reactive ketones (excluding diaryl/α,β-unsaturated/α-hetero) is 1. The molecule has 2 amide bonds. The lowest BCUT2D eigenvalue weighted by atomic mass is 10.0. The Morgan fingerprint density at radius 1 is 1.25 bits per heavy atom. The zero-order valence-electron chi connectivity index (χ0n) is 11.1. The van der Waals surface area contributed by atoms with Gasteiger partial charge in [-0.2, -0.15) is 12.6 Å². The van der Waals surface area contributed by atoms with E-state index in [1.54, 1.807) is 0 Å². The van der Waals surface area contributed by atoms with Crippen molar-refractivity contribution in [2.24, 2.45) is 0 Å². The summed E-state index contributed by atoms with van der Waals surface area (Å²) < 4.78 is 0. The van der Waals surface area contributed by atoms with Crippen LogP contribution in [0.1, 0.15) is 24.2 Å². The summed E-state index contributed by atoms with van der Waals surface area (Å²) in [7, 11) is 0. The van der Waals surface area contributed by atoms with Crippen molar-refractivity contribution in [1.82, 2.24) is 5.32 Å². The molecule has 1 rings (SSSR count). The zero-order valence-corrected chi connectivity index (χ0v) is 12.0. The van der Waals surface area contributed by atoms with Gasteiger partial charge in [-0.3, -0.25) is 14.4 Å². The number of nitrogens with one attached hydrogen (secondary N) is 2. The van der Waals surface area contributed by atoms with E-state index in [1.165, 1.54) is 32.0 Å². The Kier molecular flexibility index (Phi) is 5.57. The SMILES string of the molecule is CC(=O)Nc1ccc(O)c(C(=O)[C@H](CS)NC(C)=O)c1. The van der Waals surface area contributed by atoms with Crippen molar-refractivity contribution < 1.29 is 19.5 Å². The molecule has 0 radical (unpaired) electrons. The van der Waals surface area contributed by atoms with Crippen LogP contribution in [0.25, 0.3) is 0 Å². The van der Waals surface area contributed by atoms with Gasteiger partial charge in [-0.25, -0.2) is 0 Å². The van der Waals surface area contributed by atoms with E-state index in [0.29, 0.717) is 5.69 Å². The summed E-state index contributed by atoms with van der Waals surface area (Å²) in [6.45, 7) is 2.62. The highest BCUT2D eigenvalue weighted by Gasteiger charge is 2.22. The van der Waals surface area contributed by atoms with Crippen LogP contribution in [0.5, 0.6) is 5.75 Å². The van der Waals surface area contributed by atoms with Crippen molar-refractivity contribution in [1.29, 1.82) is 0 Å². The Morgan fingerprint density at radius 3 is 2.40 bits per heavy atom. The van der Waals surface area contributed by atoms with Crippen LogP contribution in [0.15, 0.2) is 18.2 Å². The molecule has 0 aliphatic heterocycles. The second-order valence-electron chi connectivity index (χ2n) is 4.21. The third-order valence-electron chi connectivity index (χ3n) is 2.46. The Hall–Kier alpha value is -2.02. The molecule has 7 heteroatoms. The molecule has 0 saturated heterocycles. The molecule has 0 bridgehead atoms. The highest BCUT2D eigenvalue weighted by molar-refractivity contribution is 7.80. The van der Waals surface area contributed by atoms with Gasteiger partial charge in [0.05, 0.1) is 5.56 Å². The maximum Gasteiger partial charge on any atom is 0.221 e. The van der Waals surface area contributed by atoms with Gasteiger partial charge in [-0.05, 0) is 18.2 Å². The van der Waals surface area contributed by atoms with Gasteiger partial charge >= 0.3 is 0 Å². The number of phenols is 1. The molecule has 6 nitrogen and oxygen atoms in total. The minimum atomic E-state index is -0.839. The summed E-state index contributed by atoms with van der Waals surface area (Å²) in [6, 6.07) is 3.30. The molecule has 108 valence electrons.